The average molecular weight is 308 g/mol. The van der Waals surface area contributed by atoms with Crippen molar-refractivity contribution in [3.63, 3.8) is 0 Å². The topological polar surface area (TPSA) is 97.7 Å². The van der Waals surface area contributed by atoms with Crippen molar-refractivity contribution in [1.82, 2.24) is 0 Å². The van der Waals surface area contributed by atoms with E-state index in [0.717, 1.165) is 6.42 Å². The fourth-order valence-electron chi connectivity index (χ4n) is 1.68. The Morgan fingerprint density at radius 2 is 1.61 bits per heavy atom. The second-order valence-corrected chi connectivity index (χ2v) is 7.56. The van der Waals surface area contributed by atoms with Gasteiger partial charge in [0, 0.05) is 0 Å². The molecule has 0 saturated heterocycles. The van der Waals surface area contributed by atoms with E-state index < -0.39 is 37.3 Å². The molecule has 10 heteroatoms. The van der Waals surface area contributed by atoms with E-state index in [1.165, 1.54) is 0 Å². The van der Waals surface area contributed by atoms with Gasteiger partial charge in [-0.2, -0.15) is 25.6 Å². The van der Waals surface area contributed by atoms with Gasteiger partial charge in [0.05, 0.1) is 5.25 Å². The summed E-state index contributed by atoms with van der Waals surface area (Å²) in [6, 6.07) is 0. The Kier molecular flexibility index (Phi) is 4.68. The van der Waals surface area contributed by atoms with Crippen LogP contribution in [0.3, 0.4) is 0 Å². The minimum atomic E-state index is -5.68. The lowest BCUT2D eigenvalue weighted by Crippen LogP contribution is -2.36. The quantitative estimate of drug-likeness (QED) is 0.604. The van der Waals surface area contributed by atoms with Crippen molar-refractivity contribution >= 4 is 20.2 Å². The minimum absolute atomic E-state index is 0.305. The Balaban J connectivity index is 2.67. The van der Waals surface area contributed by atoms with Gasteiger partial charge in [-0.1, -0.05) is 19.3 Å². The molecule has 0 aliphatic heterocycles. The SMILES string of the molecule is O=S(=O)(OCC(F)(F)S(=O)(=O)O)C1CCCCC1. The second-order valence-electron chi connectivity index (χ2n) is 4.13. The van der Waals surface area contributed by atoms with Crippen molar-refractivity contribution in [2.75, 3.05) is 6.61 Å². The third-order valence-corrected chi connectivity index (χ3v) is 5.34. The molecule has 0 aromatic rings. The van der Waals surface area contributed by atoms with Gasteiger partial charge in [-0.15, -0.1) is 0 Å². The van der Waals surface area contributed by atoms with Crippen LogP contribution in [0.15, 0.2) is 0 Å². The summed E-state index contributed by atoms with van der Waals surface area (Å²) < 4.78 is 81.5. The molecular formula is C8H14F2O6S2. The molecule has 0 amide bonds. The van der Waals surface area contributed by atoms with Gasteiger partial charge in [0.2, 0.25) is 0 Å². The van der Waals surface area contributed by atoms with Gasteiger partial charge in [0.25, 0.3) is 10.1 Å². The van der Waals surface area contributed by atoms with E-state index in [4.69, 9.17) is 4.55 Å². The maximum Gasteiger partial charge on any atom is 0.393 e. The normalized spacial score (nSPS) is 19.9. The highest BCUT2D eigenvalue weighted by Crippen LogP contribution is 2.27. The Bertz CT molecular complexity index is 478. The van der Waals surface area contributed by atoms with E-state index >= 15 is 0 Å². The van der Waals surface area contributed by atoms with E-state index in [2.05, 4.69) is 4.18 Å². The van der Waals surface area contributed by atoms with Gasteiger partial charge in [-0.3, -0.25) is 8.74 Å². The third-order valence-electron chi connectivity index (χ3n) is 2.73. The van der Waals surface area contributed by atoms with Crippen LogP contribution in [0.2, 0.25) is 0 Å². The molecule has 0 bridgehead atoms. The molecule has 6 nitrogen and oxygen atoms in total. The Morgan fingerprint density at radius 1 is 1.11 bits per heavy atom. The molecule has 0 unspecified atom stereocenters. The van der Waals surface area contributed by atoms with E-state index in [1.807, 2.05) is 0 Å². The van der Waals surface area contributed by atoms with Crippen LogP contribution < -0.4 is 0 Å². The number of rotatable bonds is 5. The molecule has 0 spiro atoms. The zero-order chi connectivity index (χ0) is 14.0. The number of halogens is 2. The first-order chi connectivity index (χ1) is 8.06. The molecule has 1 fully saturated rings. The van der Waals surface area contributed by atoms with Crippen LogP contribution in [0.25, 0.3) is 0 Å². The van der Waals surface area contributed by atoms with Crippen molar-refractivity contribution in [2.24, 2.45) is 0 Å². The number of alkyl halides is 2. The molecule has 1 saturated carbocycles. The summed E-state index contributed by atoms with van der Waals surface area (Å²) in [5, 5.41) is -5.52. The van der Waals surface area contributed by atoms with Gasteiger partial charge in [0.1, 0.15) is 6.61 Å². The summed E-state index contributed by atoms with van der Waals surface area (Å²) in [5.41, 5.74) is 0. The maximum atomic E-state index is 12.8. The summed E-state index contributed by atoms with van der Waals surface area (Å²) in [4.78, 5) is 0. The van der Waals surface area contributed by atoms with Crippen LogP contribution in [0.1, 0.15) is 32.1 Å². The fourth-order valence-corrected chi connectivity index (χ4v) is 3.37. The molecular weight excluding hydrogens is 294 g/mol. The van der Waals surface area contributed by atoms with E-state index in [1.54, 1.807) is 0 Å². The summed E-state index contributed by atoms with van der Waals surface area (Å²) in [7, 11) is -9.91. The van der Waals surface area contributed by atoms with Crippen molar-refractivity contribution in [2.45, 2.75) is 42.6 Å². The maximum absolute atomic E-state index is 12.8. The second kappa shape index (κ2) is 5.35. The predicted octanol–water partition coefficient (Wildman–Crippen LogP) is 1.15. The first-order valence-electron chi connectivity index (χ1n) is 5.29. The molecule has 1 aliphatic carbocycles. The van der Waals surface area contributed by atoms with Crippen molar-refractivity contribution in [3.05, 3.63) is 0 Å². The van der Waals surface area contributed by atoms with Gasteiger partial charge >= 0.3 is 15.4 Å². The Morgan fingerprint density at radius 3 is 2.06 bits per heavy atom. The van der Waals surface area contributed by atoms with Crippen molar-refractivity contribution in [1.29, 1.82) is 0 Å². The van der Waals surface area contributed by atoms with Crippen LogP contribution in [0.4, 0.5) is 8.78 Å². The molecule has 1 rings (SSSR count). The zero-order valence-corrected chi connectivity index (χ0v) is 11.0. The van der Waals surface area contributed by atoms with Crippen LogP contribution >= 0.6 is 0 Å². The van der Waals surface area contributed by atoms with Crippen LogP contribution in [-0.4, -0.2) is 38.5 Å². The lowest BCUT2D eigenvalue weighted by atomic mass is 10.0. The highest BCUT2D eigenvalue weighted by molar-refractivity contribution is 7.88. The monoisotopic (exact) mass is 308 g/mol. The molecule has 1 N–H and O–H groups in total. The molecule has 1 aliphatic rings. The van der Waals surface area contributed by atoms with Gasteiger partial charge in [0.15, 0.2) is 0 Å². The average Bonchev–Trinajstić information content (AvgIpc) is 2.26. The molecule has 0 heterocycles. The molecule has 108 valence electrons. The van der Waals surface area contributed by atoms with Crippen molar-refractivity contribution < 1.29 is 34.4 Å². The van der Waals surface area contributed by atoms with E-state index in [0.29, 0.717) is 25.7 Å². The lowest BCUT2D eigenvalue weighted by Gasteiger charge is -2.22. The Hall–Kier alpha value is -0.320. The van der Waals surface area contributed by atoms with Crippen LogP contribution in [0.5, 0.6) is 0 Å². The summed E-state index contributed by atoms with van der Waals surface area (Å²) in [5.74, 6) is 0. The highest BCUT2D eigenvalue weighted by atomic mass is 32.2. The minimum Gasteiger partial charge on any atom is -0.281 e. The number of hydrogen-bond acceptors (Lipinski definition) is 5. The van der Waals surface area contributed by atoms with E-state index in [9.17, 15) is 25.6 Å². The fraction of sp³-hybridized carbons (Fsp3) is 1.00. The first kappa shape index (κ1) is 15.7. The molecule has 0 radical (unpaired) electrons. The van der Waals surface area contributed by atoms with Crippen LogP contribution in [0, 0.1) is 0 Å². The largest absolute Gasteiger partial charge is 0.393 e. The smallest absolute Gasteiger partial charge is 0.281 e. The lowest BCUT2D eigenvalue weighted by molar-refractivity contribution is 0.0305. The zero-order valence-electron chi connectivity index (χ0n) is 9.38. The van der Waals surface area contributed by atoms with Crippen molar-refractivity contribution in [3.8, 4) is 0 Å². The summed E-state index contributed by atoms with van der Waals surface area (Å²) in [6.45, 7) is -1.90. The van der Waals surface area contributed by atoms with E-state index in [-0.39, 0.29) is 0 Å². The molecule has 0 atom stereocenters. The number of hydrogen-bond donors (Lipinski definition) is 1. The molecule has 0 aromatic heterocycles. The van der Waals surface area contributed by atoms with Gasteiger partial charge < -0.3 is 0 Å². The first-order valence-corrected chi connectivity index (χ1v) is 8.20. The summed E-state index contributed by atoms with van der Waals surface area (Å²) >= 11 is 0. The third kappa shape index (κ3) is 3.84. The summed E-state index contributed by atoms with van der Waals surface area (Å²) in [6.07, 6.45) is 2.79. The predicted molar refractivity (Wildman–Crippen MR) is 58.2 cm³/mol. The Labute approximate surface area is 104 Å². The van der Waals surface area contributed by atoms with Gasteiger partial charge in [-0.25, -0.2) is 0 Å². The van der Waals surface area contributed by atoms with Crippen LogP contribution in [-0.2, 0) is 24.4 Å². The van der Waals surface area contributed by atoms with Gasteiger partial charge in [-0.05, 0) is 12.8 Å². The highest BCUT2D eigenvalue weighted by Gasteiger charge is 2.46. The molecule has 0 aromatic carbocycles. The standard InChI is InChI=1S/C8H14F2O6S2/c9-8(10,18(13,14)15)6-16-17(11,12)7-4-2-1-3-5-7/h7H,1-6H2,(H,13,14,15). The molecule has 18 heavy (non-hydrogen) atoms.